The van der Waals surface area contributed by atoms with Crippen molar-refractivity contribution in [3.63, 3.8) is 0 Å². The minimum Gasteiger partial charge on any atom is -0.464 e. The molecule has 1 atom stereocenters. The van der Waals surface area contributed by atoms with Crippen LogP contribution in [-0.2, 0) is 52.4 Å². The maximum absolute atomic E-state index is 13.5. The van der Waals surface area contributed by atoms with Crippen molar-refractivity contribution in [3.8, 4) is 11.1 Å². The Labute approximate surface area is 312 Å². The van der Waals surface area contributed by atoms with Gasteiger partial charge >= 0.3 is 5.97 Å². The zero-order chi connectivity index (χ0) is 37.0. The van der Waals surface area contributed by atoms with Crippen LogP contribution in [0.2, 0.25) is 10.1 Å². The first-order chi connectivity index (χ1) is 25.0. The second kappa shape index (κ2) is 16.1. The van der Waals surface area contributed by atoms with Crippen LogP contribution < -0.4 is 10.4 Å². The molecule has 1 aliphatic rings. The number of nitrogens with zero attached hydrogens (tertiary/aromatic N) is 3. The Morgan fingerprint density at radius 2 is 1.67 bits per heavy atom. The molecule has 6 rings (SSSR count). The smallest absolute Gasteiger partial charge is 0.354 e. The Hall–Kier alpha value is -3.77. The molecule has 3 heterocycles. The van der Waals surface area contributed by atoms with Crippen molar-refractivity contribution in [3.05, 3.63) is 100 Å². The number of aryl methyl sites for hydroxylation is 3. The fraction of sp³-hybridized carbons (Fsp3) is 0.415. The van der Waals surface area contributed by atoms with E-state index in [1.54, 1.807) is 11.7 Å². The summed E-state index contributed by atoms with van der Waals surface area (Å²) < 4.78 is 28.1. The van der Waals surface area contributed by atoms with Gasteiger partial charge in [0.25, 0.3) is 8.32 Å². The van der Waals surface area contributed by atoms with Gasteiger partial charge in [0, 0.05) is 43.8 Å². The Bertz CT molecular complexity index is 1960. The monoisotopic (exact) mass is 743 g/mol. The summed E-state index contributed by atoms with van der Waals surface area (Å²) >= 11 is 7.05. The molecule has 276 valence electrons. The van der Waals surface area contributed by atoms with Gasteiger partial charge in [0.05, 0.1) is 42.3 Å². The average molecular weight is 744 g/mol. The predicted molar refractivity (Wildman–Crippen MR) is 208 cm³/mol. The van der Waals surface area contributed by atoms with E-state index in [1.165, 1.54) is 17.5 Å². The third kappa shape index (κ3) is 7.12. The second-order valence-electron chi connectivity index (χ2n) is 14.5. The van der Waals surface area contributed by atoms with Crippen LogP contribution in [0.1, 0.15) is 73.9 Å². The van der Waals surface area contributed by atoms with Crippen LogP contribution in [0.25, 0.3) is 22.0 Å². The zero-order valence-electron chi connectivity index (χ0n) is 31.1. The topological polar surface area (TPSA) is 97.0 Å². The number of rotatable bonds is 13. The lowest BCUT2D eigenvalue weighted by atomic mass is 9.98. The van der Waals surface area contributed by atoms with E-state index in [-0.39, 0.29) is 24.5 Å². The molecule has 0 bridgehead atoms. The van der Waals surface area contributed by atoms with Crippen molar-refractivity contribution in [2.75, 3.05) is 20.3 Å². The Kier molecular flexibility index (Phi) is 11.7. The summed E-state index contributed by atoms with van der Waals surface area (Å²) in [4.78, 5) is 13.5. The van der Waals surface area contributed by atoms with Crippen molar-refractivity contribution in [2.24, 2.45) is 14.1 Å². The molecule has 0 amide bonds. The first-order valence-electron chi connectivity index (χ1n) is 18.1. The third-order valence-electron chi connectivity index (χ3n) is 10.3. The Morgan fingerprint density at radius 1 is 1.00 bits per heavy atom. The number of benzene rings is 3. The van der Waals surface area contributed by atoms with Crippen molar-refractivity contribution in [1.29, 1.82) is 0 Å². The van der Waals surface area contributed by atoms with Gasteiger partial charge in [-0.25, -0.2) is 4.79 Å². The number of hydrogen-bond donors (Lipinski definition) is 1. The number of ether oxygens (including phenoxy) is 3. The van der Waals surface area contributed by atoms with Gasteiger partial charge in [-0.2, -0.15) is 5.10 Å². The first kappa shape index (κ1) is 38.0. The quantitative estimate of drug-likeness (QED) is 0.0784. The number of carbonyl (C=O) groups is 1. The molecule has 9 nitrogen and oxygen atoms in total. The van der Waals surface area contributed by atoms with Gasteiger partial charge in [-0.15, -0.1) is 0 Å². The summed E-state index contributed by atoms with van der Waals surface area (Å²) in [6.07, 6.45) is 3.79. The summed E-state index contributed by atoms with van der Waals surface area (Å²) in [6.45, 7) is 7.89. The van der Waals surface area contributed by atoms with Gasteiger partial charge in [0.15, 0.2) is 6.29 Å². The van der Waals surface area contributed by atoms with Gasteiger partial charge in [0.1, 0.15) is 5.69 Å². The molecule has 11 heteroatoms. The van der Waals surface area contributed by atoms with Gasteiger partial charge in [0.2, 0.25) is 0 Å². The molecule has 0 saturated carbocycles. The molecular formula is C41H50ClN3O6Si. The molecule has 1 aliphatic heterocycles. The van der Waals surface area contributed by atoms with E-state index in [9.17, 15) is 9.90 Å². The lowest BCUT2D eigenvalue weighted by Crippen LogP contribution is -2.66. The van der Waals surface area contributed by atoms with Crippen LogP contribution in [0, 0.1) is 0 Å². The maximum Gasteiger partial charge on any atom is 0.354 e. The van der Waals surface area contributed by atoms with Crippen LogP contribution in [0.15, 0.2) is 72.8 Å². The van der Waals surface area contributed by atoms with Crippen molar-refractivity contribution >= 4 is 47.2 Å². The minimum atomic E-state index is -2.74. The lowest BCUT2D eigenvalue weighted by molar-refractivity contribution is -0.169. The molecule has 1 N–H and O–H groups in total. The summed E-state index contributed by atoms with van der Waals surface area (Å²) in [5, 5.41) is 19.0. The molecule has 1 fully saturated rings. The van der Waals surface area contributed by atoms with E-state index in [1.807, 2.05) is 35.9 Å². The number of carbonyl (C=O) groups excluding carboxylic acids is 1. The number of fused-ring (bicyclic) bond motifs is 1. The van der Waals surface area contributed by atoms with Crippen molar-refractivity contribution in [1.82, 2.24) is 14.3 Å². The minimum absolute atomic E-state index is 0.156. The fourth-order valence-corrected chi connectivity index (χ4v) is 12.7. The molecule has 0 spiro atoms. The maximum atomic E-state index is 13.5. The van der Waals surface area contributed by atoms with E-state index in [0.717, 1.165) is 35.7 Å². The van der Waals surface area contributed by atoms with Crippen LogP contribution >= 0.6 is 11.6 Å². The van der Waals surface area contributed by atoms with Crippen molar-refractivity contribution < 1.29 is 28.5 Å². The van der Waals surface area contributed by atoms with Gasteiger partial charge in [-0.05, 0) is 59.1 Å². The first-order valence-corrected chi connectivity index (χ1v) is 20.3. The van der Waals surface area contributed by atoms with Crippen LogP contribution in [0.5, 0.6) is 0 Å². The molecule has 2 aromatic heterocycles. The molecule has 0 radical (unpaired) electrons. The number of halogens is 1. The highest BCUT2D eigenvalue weighted by Gasteiger charge is 2.50. The molecule has 1 saturated heterocycles. The SMILES string of the molecule is COC(=O)c1c(CCCO[Si](c2ccccc2)(c2ccccc2)C(C)(C)C)c2ccc(Cl)c(-c3c(COC4CCCCO4)nn(C)c3CO)c2n1C. The van der Waals surface area contributed by atoms with Crippen LogP contribution in [-0.4, -0.2) is 60.4 Å². The van der Waals surface area contributed by atoms with Gasteiger partial charge in [-0.1, -0.05) is 99.1 Å². The number of esters is 1. The molecule has 52 heavy (non-hydrogen) atoms. The van der Waals surface area contributed by atoms with E-state index in [0.29, 0.717) is 59.3 Å². The molecule has 0 aliphatic carbocycles. The molecule has 5 aromatic rings. The third-order valence-corrected chi connectivity index (χ3v) is 15.6. The van der Waals surface area contributed by atoms with E-state index in [4.69, 9.17) is 35.3 Å². The summed E-state index contributed by atoms with van der Waals surface area (Å²) in [7, 11) is 2.31. The van der Waals surface area contributed by atoms with Gasteiger partial charge < -0.3 is 28.3 Å². The highest BCUT2D eigenvalue weighted by molar-refractivity contribution is 6.99. The van der Waals surface area contributed by atoms with Crippen LogP contribution in [0.4, 0.5) is 0 Å². The second-order valence-corrected chi connectivity index (χ2v) is 19.2. The van der Waals surface area contributed by atoms with E-state index in [2.05, 4.69) is 69.3 Å². The number of methoxy groups -OCH3 is 1. The van der Waals surface area contributed by atoms with E-state index < -0.39 is 14.3 Å². The normalized spacial score (nSPS) is 15.3. The van der Waals surface area contributed by atoms with E-state index >= 15 is 0 Å². The summed E-state index contributed by atoms with van der Waals surface area (Å²) in [5.74, 6) is -0.435. The number of aromatic nitrogens is 3. The predicted octanol–water partition coefficient (Wildman–Crippen LogP) is 7.06. The molecule has 1 unspecified atom stereocenters. The standard InChI is InChI=1S/C41H50ClN3O6Si/c1-41(2,3)52(28-16-9-7-10-17-28,29-18-11-8-12-19-29)51-25-15-20-30-31-22-23-32(42)36(38(31)44(4)39(30)40(47)48-6)37-33(43-45(5)34(37)26-46)27-50-35-21-13-14-24-49-35/h7-12,16-19,22-23,35,46H,13-15,20-21,24-27H2,1-6H3. The highest BCUT2D eigenvalue weighted by Crippen LogP contribution is 2.43. The largest absolute Gasteiger partial charge is 0.464 e. The summed E-state index contributed by atoms with van der Waals surface area (Å²) in [5.41, 5.74) is 4.67. The molecule has 3 aromatic carbocycles. The fourth-order valence-electron chi connectivity index (χ4n) is 7.89. The Balaban J connectivity index is 1.39. The number of aliphatic hydroxyl groups is 1. The highest BCUT2D eigenvalue weighted by atomic mass is 35.5. The number of aliphatic hydroxyl groups excluding tert-OH is 1. The van der Waals surface area contributed by atoms with Gasteiger partial charge in [-0.3, -0.25) is 4.68 Å². The summed E-state index contributed by atoms with van der Waals surface area (Å²) in [6, 6.07) is 25.0. The Morgan fingerprint density at radius 3 is 2.25 bits per heavy atom. The van der Waals surface area contributed by atoms with Crippen molar-refractivity contribution in [2.45, 2.75) is 77.4 Å². The zero-order valence-corrected chi connectivity index (χ0v) is 32.8. The average Bonchev–Trinajstić information content (AvgIpc) is 3.62. The van der Waals surface area contributed by atoms with Crippen LogP contribution in [0.3, 0.4) is 0 Å². The molecular weight excluding hydrogens is 694 g/mol. The number of hydrogen-bond acceptors (Lipinski definition) is 7. The lowest BCUT2D eigenvalue weighted by Gasteiger charge is -2.43.